The minimum atomic E-state index is -0.173. The number of hydrogen-bond acceptors (Lipinski definition) is 6. The first-order valence-corrected chi connectivity index (χ1v) is 11.6. The molecule has 0 saturated carbocycles. The van der Waals surface area contributed by atoms with Gasteiger partial charge in [0.15, 0.2) is 10.1 Å². The van der Waals surface area contributed by atoms with Gasteiger partial charge in [-0.05, 0) is 37.3 Å². The fourth-order valence-electron chi connectivity index (χ4n) is 3.37. The van der Waals surface area contributed by atoms with Crippen molar-refractivity contribution in [2.75, 3.05) is 0 Å². The van der Waals surface area contributed by atoms with Gasteiger partial charge in [0.05, 0.1) is 22.3 Å². The summed E-state index contributed by atoms with van der Waals surface area (Å²) in [6, 6.07) is 15.9. The monoisotopic (exact) mass is 466 g/mol. The molecule has 5 rings (SSSR count). The summed E-state index contributed by atoms with van der Waals surface area (Å²) in [7, 11) is 0. The van der Waals surface area contributed by atoms with Gasteiger partial charge in [-0.15, -0.1) is 11.3 Å². The highest BCUT2D eigenvalue weighted by atomic mass is 35.5. The number of thioether (sulfide) groups is 1. The molecule has 0 radical (unpaired) electrons. The summed E-state index contributed by atoms with van der Waals surface area (Å²) in [4.78, 5) is 35.8. The van der Waals surface area contributed by atoms with E-state index in [-0.39, 0.29) is 11.1 Å². The number of para-hydroxylation sites is 1. The number of rotatable bonds is 4. The van der Waals surface area contributed by atoms with Crippen LogP contribution in [0.1, 0.15) is 11.4 Å². The first-order chi connectivity index (χ1) is 15.0. The maximum Gasteiger partial charge on any atom is 0.266 e. The fourth-order valence-corrected chi connectivity index (χ4v) is 5.35. The Bertz CT molecular complexity index is 1570. The number of benzene rings is 2. The fraction of sp³-hybridized carbons (Fsp3) is 0.0909. The predicted octanol–water partition coefficient (Wildman–Crippen LogP) is 4.71. The molecule has 0 N–H and O–H groups in total. The van der Waals surface area contributed by atoms with Crippen molar-refractivity contribution in [2.45, 2.75) is 17.8 Å². The smallest absolute Gasteiger partial charge is 0.266 e. The third-order valence-corrected chi connectivity index (χ3v) is 6.94. The average Bonchev–Trinajstić information content (AvgIpc) is 3.13. The van der Waals surface area contributed by atoms with E-state index in [0.717, 1.165) is 5.69 Å². The molecule has 0 unspecified atom stereocenters. The Labute approximate surface area is 189 Å². The Balaban J connectivity index is 1.61. The highest BCUT2D eigenvalue weighted by Gasteiger charge is 2.15. The average molecular weight is 467 g/mol. The molecule has 0 fully saturated rings. The molecule has 3 aromatic heterocycles. The van der Waals surface area contributed by atoms with Gasteiger partial charge in [-0.1, -0.05) is 41.6 Å². The normalized spacial score (nSPS) is 11.4. The maximum atomic E-state index is 13.3. The Kier molecular flexibility index (Phi) is 5.13. The molecule has 0 aliphatic heterocycles. The van der Waals surface area contributed by atoms with Crippen LogP contribution in [0, 0.1) is 6.92 Å². The molecular weight excluding hydrogens is 452 g/mol. The molecule has 6 nitrogen and oxygen atoms in total. The van der Waals surface area contributed by atoms with Gasteiger partial charge < -0.3 is 0 Å². The van der Waals surface area contributed by atoms with Crippen LogP contribution in [0.5, 0.6) is 0 Å². The molecule has 0 aliphatic rings. The van der Waals surface area contributed by atoms with E-state index in [0.29, 0.717) is 43.2 Å². The van der Waals surface area contributed by atoms with Gasteiger partial charge in [0, 0.05) is 27.9 Å². The summed E-state index contributed by atoms with van der Waals surface area (Å²) in [5.74, 6) is 0.397. The second kappa shape index (κ2) is 7.96. The SMILES string of the molecule is Cc1csc2nc(CSc3nc4ccccc4c(=O)n3-c3cccc(Cl)c3)cc(=O)n12. The molecule has 3 heterocycles. The summed E-state index contributed by atoms with van der Waals surface area (Å²) in [6.45, 7) is 1.88. The van der Waals surface area contributed by atoms with Crippen molar-refractivity contribution in [1.29, 1.82) is 0 Å². The number of fused-ring (bicyclic) bond motifs is 2. The highest BCUT2D eigenvalue weighted by Crippen LogP contribution is 2.25. The van der Waals surface area contributed by atoms with Gasteiger partial charge in [-0.25, -0.2) is 9.97 Å². The van der Waals surface area contributed by atoms with Crippen LogP contribution in [0.15, 0.2) is 74.7 Å². The predicted molar refractivity (Wildman–Crippen MR) is 126 cm³/mol. The molecule has 2 aromatic carbocycles. The van der Waals surface area contributed by atoms with Gasteiger partial charge in [0.25, 0.3) is 11.1 Å². The lowest BCUT2D eigenvalue weighted by molar-refractivity contribution is 0.819. The van der Waals surface area contributed by atoms with Crippen molar-refractivity contribution in [3.63, 3.8) is 0 Å². The number of hydrogen-bond donors (Lipinski definition) is 0. The minimum Gasteiger partial charge on any atom is -0.269 e. The van der Waals surface area contributed by atoms with Gasteiger partial charge in [0.1, 0.15) is 0 Å². The zero-order chi connectivity index (χ0) is 21.5. The van der Waals surface area contributed by atoms with Gasteiger partial charge in [-0.3, -0.25) is 18.6 Å². The van der Waals surface area contributed by atoms with Gasteiger partial charge in [0.2, 0.25) is 0 Å². The summed E-state index contributed by atoms with van der Waals surface area (Å²) in [5, 5.41) is 3.47. The topological polar surface area (TPSA) is 69.3 Å². The molecule has 0 saturated heterocycles. The van der Waals surface area contributed by atoms with Crippen molar-refractivity contribution in [1.82, 2.24) is 18.9 Å². The van der Waals surface area contributed by atoms with Gasteiger partial charge in [-0.2, -0.15) is 0 Å². The van der Waals surface area contributed by atoms with E-state index in [1.807, 2.05) is 36.6 Å². The zero-order valence-electron chi connectivity index (χ0n) is 16.3. The van der Waals surface area contributed by atoms with Crippen molar-refractivity contribution in [3.8, 4) is 5.69 Å². The molecule has 0 spiro atoms. The van der Waals surface area contributed by atoms with Crippen molar-refractivity contribution in [3.05, 3.63) is 97.1 Å². The number of aromatic nitrogens is 4. The summed E-state index contributed by atoms with van der Waals surface area (Å²) in [6.07, 6.45) is 0. The molecule has 0 aliphatic carbocycles. The number of aryl methyl sites for hydroxylation is 1. The lowest BCUT2D eigenvalue weighted by Gasteiger charge is -2.13. The lowest BCUT2D eigenvalue weighted by atomic mass is 10.2. The third kappa shape index (κ3) is 3.67. The van der Waals surface area contributed by atoms with E-state index in [1.54, 1.807) is 33.2 Å². The zero-order valence-corrected chi connectivity index (χ0v) is 18.7. The Morgan fingerprint density at radius 3 is 2.74 bits per heavy atom. The van der Waals surface area contributed by atoms with E-state index >= 15 is 0 Å². The van der Waals surface area contributed by atoms with Crippen molar-refractivity contribution in [2.24, 2.45) is 0 Å². The maximum absolute atomic E-state index is 13.3. The Morgan fingerprint density at radius 1 is 1.06 bits per heavy atom. The first-order valence-electron chi connectivity index (χ1n) is 9.38. The molecular formula is C22H15ClN4O2S2. The van der Waals surface area contributed by atoms with E-state index in [4.69, 9.17) is 16.6 Å². The van der Waals surface area contributed by atoms with Crippen LogP contribution in [0.25, 0.3) is 21.6 Å². The second-order valence-electron chi connectivity index (χ2n) is 6.90. The number of halogens is 1. The van der Waals surface area contributed by atoms with Gasteiger partial charge >= 0.3 is 0 Å². The van der Waals surface area contributed by atoms with Crippen LogP contribution in [0.3, 0.4) is 0 Å². The molecule has 31 heavy (non-hydrogen) atoms. The number of nitrogens with zero attached hydrogens (tertiary/aromatic N) is 4. The van der Waals surface area contributed by atoms with Crippen LogP contribution < -0.4 is 11.1 Å². The second-order valence-corrected chi connectivity index (χ2v) is 9.12. The van der Waals surface area contributed by atoms with E-state index in [1.165, 1.54) is 29.2 Å². The largest absolute Gasteiger partial charge is 0.269 e. The van der Waals surface area contributed by atoms with E-state index in [9.17, 15) is 9.59 Å². The minimum absolute atomic E-state index is 0.113. The highest BCUT2D eigenvalue weighted by molar-refractivity contribution is 7.98. The molecule has 0 bridgehead atoms. The van der Waals surface area contributed by atoms with Crippen molar-refractivity contribution >= 4 is 50.6 Å². The van der Waals surface area contributed by atoms with Crippen LogP contribution in [0.4, 0.5) is 0 Å². The standard InChI is InChI=1S/C22H15ClN4O2S2/c1-13-11-30-21-24-15(10-19(28)26(13)21)12-31-22-25-18-8-3-2-7-17(18)20(29)27(22)16-6-4-5-14(23)9-16/h2-11H,12H2,1H3. The van der Waals surface area contributed by atoms with Crippen molar-refractivity contribution < 1.29 is 0 Å². The first kappa shape index (κ1) is 20.0. The molecule has 154 valence electrons. The van der Waals surface area contributed by atoms with E-state index in [2.05, 4.69) is 4.98 Å². The molecule has 9 heteroatoms. The quantitative estimate of drug-likeness (QED) is 0.283. The summed E-state index contributed by atoms with van der Waals surface area (Å²) < 4.78 is 3.15. The Hall–Kier alpha value is -2.94. The third-order valence-electron chi connectivity index (χ3n) is 4.79. The molecule has 0 atom stereocenters. The number of thiazole rings is 1. The summed E-state index contributed by atoms with van der Waals surface area (Å²) >= 11 is 8.96. The van der Waals surface area contributed by atoms with Crippen LogP contribution in [-0.2, 0) is 5.75 Å². The lowest BCUT2D eigenvalue weighted by Crippen LogP contribution is -2.22. The molecule has 0 amide bonds. The summed E-state index contributed by atoms with van der Waals surface area (Å²) in [5.41, 5.74) is 2.46. The van der Waals surface area contributed by atoms with Crippen LogP contribution in [0.2, 0.25) is 5.02 Å². The van der Waals surface area contributed by atoms with Crippen LogP contribution >= 0.6 is 34.7 Å². The van der Waals surface area contributed by atoms with E-state index < -0.39 is 0 Å². The van der Waals surface area contributed by atoms with Crippen LogP contribution in [-0.4, -0.2) is 18.9 Å². The molecule has 5 aromatic rings. The Morgan fingerprint density at radius 2 is 1.90 bits per heavy atom.